The molecule has 4 saturated heterocycles. The third kappa shape index (κ3) is 2.72. The number of hydrogen-bond acceptors (Lipinski definition) is 3. The fourth-order valence-electron chi connectivity index (χ4n) is 5.56. The predicted octanol–water partition coefficient (Wildman–Crippen LogP) is 3.59. The van der Waals surface area contributed by atoms with Gasteiger partial charge in [0.05, 0.1) is 0 Å². The Bertz CT molecular complexity index is 768. The van der Waals surface area contributed by atoms with Crippen LogP contribution in [0.1, 0.15) is 29.9 Å². The van der Waals surface area contributed by atoms with Gasteiger partial charge in [0, 0.05) is 31.1 Å². The minimum atomic E-state index is -0.158. The van der Waals surface area contributed by atoms with Crippen LogP contribution in [0.3, 0.4) is 0 Å². The summed E-state index contributed by atoms with van der Waals surface area (Å²) in [6, 6.07) is 15.9. The number of benzene rings is 2. The van der Waals surface area contributed by atoms with Gasteiger partial charge in [0.25, 0.3) is 0 Å². The lowest BCUT2D eigenvalue weighted by Crippen LogP contribution is -2.59. The van der Waals surface area contributed by atoms with Crippen molar-refractivity contribution in [2.24, 2.45) is 5.92 Å². The number of piperidine rings is 3. The number of fused-ring (bicyclic) bond motifs is 2. The second kappa shape index (κ2) is 6.36. The van der Waals surface area contributed by atoms with Crippen LogP contribution in [0.15, 0.2) is 48.5 Å². The summed E-state index contributed by atoms with van der Waals surface area (Å²) in [6.07, 6.45) is 2.59. The maximum Gasteiger partial charge on any atom is 0.123 e. The van der Waals surface area contributed by atoms with Crippen molar-refractivity contribution in [1.29, 1.82) is 0 Å². The van der Waals surface area contributed by atoms with Crippen molar-refractivity contribution in [1.82, 2.24) is 9.80 Å². The standard InChI is InChI=1S/C22H25FN2O/c23-18-5-3-16(4-6-18)20-14-25(13-15-1-7-19(26)8-2-15)21-17-9-11-24(12-10-17)22(20)21/h1-8,17,20-22,26H,9-14H2/t20-,21-,22-/m1/s1. The number of aromatic hydroxyl groups is 1. The highest BCUT2D eigenvalue weighted by Gasteiger charge is 2.53. The Labute approximate surface area is 154 Å². The van der Waals surface area contributed by atoms with Gasteiger partial charge in [0.2, 0.25) is 0 Å². The highest BCUT2D eigenvalue weighted by Crippen LogP contribution is 2.47. The highest BCUT2D eigenvalue weighted by molar-refractivity contribution is 5.29. The molecule has 0 amide bonds. The smallest absolute Gasteiger partial charge is 0.123 e. The second-order valence-electron chi connectivity index (χ2n) is 8.11. The number of halogens is 1. The Morgan fingerprint density at radius 1 is 0.923 bits per heavy atom. The van der Waals surface area contributed by atoms with Crippen LogP contribution < -0.4 is 0 Å². The molecule has 4 heteroatoms. The molecular weight excluding hydrogens is 327 g/mol. The molecule has 0 aliphatic carbocycles. The fraction of sp³-hybridized carbons (Fsp3) is 0.455. The van der Waals surface area contributed by atoms with E-state index < -0.39 is 0 Å². The van der Waals surface area contributed by atoms with Crippen molar-refractivity contribution in [3.63, 3.8) is 0 Å². The molecule has 4 aliphatic rings. The summed E-state index contributed by atoms with van der Waals surface area (Å²) >= 11 is 0. The maximum atomic E-state index is 13.4. The van der Waals surface area contributed by atoms with Crippen LogP contribution in [0.4, 0.5) is 4.39 Å². The Kier molecular flexibility index (Phi) is 3.98. The molecule has 0 unspecified atom stereocenters. The monoisotopic (exact) mass is 352 g/mol. The molecule has 6 rings (SSSR count). The van der Waals surface area contributed by atoms with Gasteiger partial charge < -0.3 is 5.11 Å². The molecule has 0 aromatic heterocycles. The number of hydrogen-bond donors (Lipinski definition) is 1. The first-order chi connectivity index (χ1) is 12.7. The lowest BCUT2D eigenvalue weighted by atomic mass is 9.75. The van der Waals surface area contributed by atoms with E-state index in [1.807, 2.05) is 24.3 Å². The van der Waals surface area contributed by atoms with Crippen molar-refractivity contribution < 1.29 is 9.50 Å². The summed E-state index contributed by atoms with van der Waals surface area (Å²) in [5.74, 6) is 1.38. The largest absolute Gasteiger partial charge is 0.508 e. The van der Waals surface area contributed by atoms with Crippen molar-refractivity contribution in [3.8, 4) is 5.75 Å². The first kappa shape index (κ1) is 16.3. The molecule has 1 N–H and O–H groups in total. The van der Waals surface area contributed by atoms with Crippen LogP contribution in [0.25, 0.3) is 0 Å². The lowest BCUT2D eigenvalue weighted by Gasteiger charge is -2.51. The molecule has 4 fully saturated rings. The van der Waals surface area contributed by atoms with Crippen molar-refractivity contribution in [2.75, 3.05) is 19.6 Å². The van der Waals surface area contributed by atoms with Crippen molar-refractivity contribution in [3.05, 3.63) is 65.5 Å². The van der Waals surface area contributed by atoms with Gasteiger partial charge in [-0.2, -0.15) is 0 Å². The van der Waals surface area contributed by atoms with E-state index in [0.717, 1.165) is 19.0 Å². The summed E-state index contributed by atoms with van der Waals surface area (Å²) in [4.78, 5) is 5.32. The fourth-order valence-corrected chi connectivity index (χ4v) is 5.56. The van der Waals surface area contributed by atoms with Gasteiger partial charge in [-0.25, -0.2) is 4.39 Å². The van der Waals surface area contributed by atoms with E-state index in [4.69, 9.17) is 0 Å². The van der Waals surface area contributed by atoms with Crippen LogP contribution >= 0.6 is 0 Å². The number of rotatable bonds is 3. The van der Waals surface area contributed by atoms with Crippen LogP contribution in [-0.2, 0) is 6.54 Å². The molecule has 4 heterocycles. The van der Waals surface area contributed by atoms with Gasteiger partial charge in [0.15, 0.2) is 0 Å². The first-order valence-corrected chi connectivity index (χ1v) is 9.70. The van der Waals surface area contributed by atoms with E-state index in [-0.39, 0.29) is 5.82 Å². The van der Waals surface area contributed by atoms with E-state index in [2.05, 4.69) is 9.80 Å². The number of phenols is 1. The van der Waals surface area contributed by atoms with E-state index in [1.165, 1.54) is 37.1 Å². The molecule has 2 aromatic carbocycles. The van der Waals surface area contributed by atoms with Gasteiger partial charge in [-0.1, -0.05) is 24.3 Å². The Balaban J connectivity index is 1.46. The van der Waals surface area contributed by atoms with Crippen LogP contribution in [0.2, 0.25) is 0 Å². The average molecular weight is 352 g/mol. The summed E-state index contributed by atoms with van der Waals surface area (Å²) in [5.41, 5.74) is 2.51. The van der Waals surface area contributed by atoms with Crippen LogP contribution in [0.5, 0.6) is 5.75 Å². The summed E-state index contributed by atoms with van der Waals surface area (Å²) in [7, 11) is 0. The Hall–Kier alpha value is -1.91. The SMILES string of the molecule is Oc1ccc(CN2C[C@H](c3ccc(F)cc3)[C@@H]3[C@H]2C2CCN3CC2)cc1. The van der Waals surface area contributed by atoms with E-state index in [0.29, 0.717) is 23.8 Å². The van der Waals surface area contributed by atoms with E-state index in [9.17, 15) is 9.50 Å². The van der Waals surface area contributed by atoms with Gasteiger partial charge in [-0.3, -0.25) is 9.80 Å². The zero-order valence-electron chi connectivity index (χ0n) is 14.9. The molecule has 2 aromatic rings. The molecule has 3 atom stereocenters. The summed E-state index contributed by atoms with van der Waals surface area (Å²) in [5, 5.41) is 9.55. The highest BCUT2D eigenvalue weighted by atomic mass is 19.1. The Morgan fingerprint density at radius 3 is 2.31 bits per heavy atom. The van der Waals surface area contributed by atoms with Crippen molar-refractivity contribution >= 4 is 0 Å². The van der Waals surface area contributed by atoms with Gasteiger partial charge in [-0.05, 0) is 67.2 Å². The zero-order chi connectivity index (χ0) is 17.7. The molecule has 0 radical (unpaired) electrons. The zero-order valence-corrected chi connectivity index (χ0v) is 14.9. The van der Waals surface area contributed by atoms with Crippen LogP contribution in [-0.4, -0.2) is 46.6 Å². The first-order valence-electron chi connectivity index (χ1n) is 9.70. The minimum Gasteiger partial charge on any atom is -0.508 e. The molecule has 3 nitrogen and oxygen atoms in total. The molecule has 4 aliphatic heterocycles. The molecule has 136 valence electrons. The van der Waals surface area contributed by atoms with Gasteiger partial charge in [-0.15, -0.1) is 0 Å². The molecular formula is C22H25FN2O. The quantitative estimate of drug-likeness (QED) is 0.914. The lowest BCUT2D eigenvalue weighted by molar-refractivity contribution is -0.00869. The Morgan fingerprint density at radius 2 is 1.62 bits per heavy atom. The topological polar surface area (TPSA) is 26.7 Å². The third-order valence-corrected chi connectivity index (χ3v) is 6.71. The summed E-state index contributed by atoms with van der Waals surface area (Å²) in [6.45, 7) is 4.35. The predicted molar refractivity (Wildman–Crippen MR) is 99.5 cm³/mol. The second-order valence-corrected chi connectivity index (χ2v) is 8.11. The third-order valence-electron chi connectivity index (χ3n) is 6.71. The number of phenolic OH excluding ortho intramolecular Hbond substituents is 1. The van der Waals surface area contributed by atoms with Gasteiger partial charge in [0.1, 0.15) is 11.6 Å². The van der Waals surface area contributed by atoms with Crippen molar-refractivity contribution in [2.45, 2.75) is 37.4 Å². The normalized spacial score (nSPS) is 33.3. The van der Waals surface area contributed by atoms with Gasteiger partial charge >= 0.3 is 0 Å². The summed E-state index contributed by atoms with van der Waals surface area (Å²) < 4.78 is 13.4. The number of likely N-dealkylation sites (tertiary alicyclic amines) is 1. The van der Waals surface area contributed by atoms with Crippen LogP contribution in [0, 0.1) is 11.7 Å². The maximum absolute atomic E-state index is 13.4. The molecule has 0 spiro atoms. The number of nitrogens with zero attached hydrogens (tertiary/aromatic N) is 2. The molecule has 0 saturated carbocycles. The average Bonchev–Trinajstić information content (AvgIpc) is 3.07. The molecule has 26 heavy (non-hydrogen) atoms. The minimum absolute atomic E-state index is 0.158. The van der Waals surface area contributed by atoms with E-state index >= 15 is 0 Å². The van der Waals surface area contributed by atoms with E-state index in [1.54, 1.807) is 24.3 Å². The molecule has 2 bridgehead atoms.